The Bertz CT molecular complexity index is 894. The second kappa shape index (κ2) is 7.97. The second-order valence-corrected chi connectivity index (χ2v) is 7.21. The lowest BCUT2D eigenvalue weighted by atomic mass is 10.2. The molecule has 0 fully saturated rings. The van der Waals surface area contributed by atoms with Crippen LogP contribution in [0.1, 0.15) is 17.9 Å². The van der Waals surface area contributed by atoms with Gasteiger partial charge in [0.15, 0.2) is 0 Å². The molecule has 0 aliphatic heterocycles. The van der Waals surface area contributed by atoms with Gasteiger partial charge in [-0.25, -0.2) is 0 Å². The molecule has 2 aromatic carbocycles. The molecular weight excluding hydrogens is 453 g/mol. The minimum Gasteiger partial charge on any atom is -0.339 e. The average molecular weight is 468 g/mol. The Balaban J connectivity index is 1.59. The van der Waals surface area contributed by atoms with Crippen LogP contribution in [0.15, 0.2) is 47.0 Å². The highest BCUT2D eigenvalue weighted by Crippen LogP contribution is 2.21. The first kappa shape index (κ1) is 17.9. The molecule has 1 aromatic heterocycles. The van der Waals surface area contributed by atoms with E-state index >= 15 is 0 Å². The number of nitrogens with zero attached hydrogens (tertiary/aromatic N) is 2. The highest BCUT2D eigenvalue weighted by Gasteiger charge is 2.11. The molecule has 1 N–H and O–H groups in total. The van der Waals surface area contributed by atoms with Crippen LogP contribution >= 0.6 is 34.2 Å². The lowest BCUT2D eigenvalue weighted by Crippen LogP contribution is -2.13. The number of carbonyl (C=O) groups is 1. The lowest BCUT2D eigenvalue weighted by molar-refractivity contribution is -0.116. The molecule has 1 heterocycles. The van der Waals surface area contributed by atoms with Crippen LogP contribution < -0.4 is 5.32 Å². The van der Waals surface area contributed by atoms with Crippen molar-refractivity contribution in [2.24, 2.45) is 0 Å². The number of nitrogens with one attached hydrogen (secondary N) is 1. The molecule has 0 aliphatic rings. The predicted octanol–water partition coefficient (Wildman–Crippen LogP) is 4.87. The van der Waals surface area contributed by atoms with Gasteiger partial charge in [0.1, 0.15) is 0 Å². The van der Waals surface area contributed by atoms with Crippen molar-refractivity contribution in [3.05, 3.63) is 62.5 Å². The number of halogens is 2. The molecule has 0 bridgehead atoms. The maximum absolute atomic E-state index is 12.1. The summed E-state index contributed by atoms with van der Waals surface area (Å²) in [4.78, 5) is 16.5. The topological polar surface area (TPSA) is 68.0 Å². The van der Waals surface area contributed by atoms with Gasteiger partial charge in [0.25, 0.3) is 0 Å². The molecule has 5 nitrogen and oxygen atoms in total. The quantitative estimate of drug-likeness (QED) is 0.543. The lowest BCUT2D eigenvalue weighted by Gasteiger charge is -2.08. The number of aromatic nitrogens is 2. The van der Waals surface area contributed by atoms with Gasteiger partial charge in [-0.3, -0.25) is 4.79 Å². The van der Waals surface area contributed by atoms with Crippen molar-refractivity contribution in [2.45, 2.75) is 19.8 Å². The summed E-state index contributed by atoms with van der Waals surface area (Å²) in [5, 5.41) is 7.40. The molecule has 1 amide bonds. The summed E-state index contributed by atoms with van der Waals surface area (Å²) in [6.45, 7) is 1.91. The molecular formula is C18H15ClIN3O2. The van der Waals surface area contributed by atoms with Gasteiger partial charge in [-0.1, -0.05) is 35.0 Å². The van der Waals surface area contributed by atoms with Crippen LogP contribution in [0.5, 0.6) is 0 Å². The Morgan fingerprint density at radius 2 is 2.00 bits per heavy atom. The third-order valence-corrected chi connectivity index (χ3v) is 4.56. The van der Waals surface area contributed by atoms with Gasteiger partial charge in [-0.15, -0.1) is 0 Å². The highest BCUT2D eigenvalue weighted by molar-refractivity contribution is 14.1. The molecule has 0 unspecified atom stereocenters. The molecule has 0 radical (unpaired) electrons. The molecule has 0 atom stereocenters. The zero-order valence-electron chi connectivity index (χ0n) is 13.4. The molecule has 7 heteroatoms. The Hall–Kier alpha value is -1.93. The summed E-state index contributed by atoms with van der Waals surface area (Å²) in [7, 11) is 0. The summed E-state index contributed by atoms with van der Waals surface area (Å²) >= 11 is 8.20. The first-order chi connectivity index (χ1) is 12.0. The van der Waals surface area contributed by atoms with E-state index in [0.717, 1.165) is 14.7 Å². The summed E-state index contributed by atoms with van der Waals surface area (Å²) in [6, 6.07) is 13.2. The van der Waals surface area contributed by atoms with Gasteiger partial charge >= 0.3 is 0 Å². The fourth-order valence-corrected chi connectivity index (χ4v) is 2.77. The molecule has 0 saturated carbocycles. The van der Waals surface area contributed by atoms with E-state index in [2.05, 4.69) is 38.0 Å². The van der Waals surface area contributed by atoms with Gasteiger partial charge in [-0.05, 0) is 59.3 Å². The van der Waals surface area contributed by atoms with E-state index < -0.39 is 0 Å². The van der Waals surface area contributed by atoms with Crippen LogP contribution in [0.25, 0.3) is 11.4 Å². The minimum absolute atomic E-state index is 0.126. The van der Waals surface area contributed by atoms with Crippen LogP contribution in [0, 0.1) is 10.5 Å². The largest absolute Gasteiger partial charge is 0.339 e. The van der Waals surface area contributed by atoms with Gasteiger partial charge in [-0.2, -0.15) is 4.98 Å². The van der Waals surface area contributed by atoms with E-state index in [-0.39, 0.29) is 12.3 Å². The Kier molecular flexibility index (Phi) is 5.70. The maximum Gasteiger partial charge on any atom is 0.227 e. The summed E-state index contributed by atoms with van der Waals surface area (Å²) in [6.07, 6.45) is 0.628. The predicted molar refractivity (Wildman–Crippen MR) is 106 cm³/mol. The minimum atomic E-state index is -0.126. The monoisotopic (exact) mass is 467 g/mol. The zero-order chi connectivity index (χ0) is 17.8. The first-order valence-electron chi connectivity index (χ1n) is 7.66. The first-order valence-corrected chi connectivity index (χ1v) is 9.11. The van der Waals surface area contributed by atoms with Crippen molar-refractivity contribution in [1.29, 1.82) is 0 Å². The number of aryl methyl sites for hydroxylation is 2. The van der Waals surface area contributed by atoms with Crippen molar-refractivity contribution in [1.82, 2.24) is 10.1 Å². The number of rotatable bonds is 5. The molecule has 0 aliphatic carbocycles. The average Bonchev–Trinajstić information content (AvgIpc) is 3.06. The van der Waals surface area contributed by atoms with Gasteiger partial charge in [0, 0.05) is 32.7 Å². The van der Waals surface area contributed by atoms with Crippen molar-refractivity contribution in [3.8, 4) is 11.4 Å². The van der Waals surface area contributed by atoms with Gasteiger partial charge in [0.2, 0.25) is 17.6 Å². The SMILES string of the molecule is Cc1ccc(Cl)cc1NC(=O)CCc1nc(-c2ccc(I)cc2)no1. The van der Waals surface area contributed by atoms with E-state index in [1.54, 1.807) is 12.1 Å². The fraction of sp³-hybridized carbons (Fsp3) is 0.167. The van der Waals surface area contributed by atoms with Crippen LogP contribution in [0.3, 0.4) is 0 Å². The summed E-state index contributed by atoms with van der Waals surface area (Å²) in [5.41, 5.74) is 2.55. The number of hydrogen-bond acceptors (Lipinski definition) is 4. The van der Waals surface area contributed by atoms with E-state index in [1.807, 2.05) is 37.3 Å². The Morgan fingerprint density at radius 1 is 1.24 bits per heavy atom. The fourth-order valence-electron chi connectivity index (χ4n) is 2.23. The molecule has 3 aromatic rings. The molecule has 3 rings (SSSR count). The number of amides is 1. The van der Waals surface area contributed by atoms with Crippen molar-refractivity contribution < 1.29 is 9.32 Å². The van der Waals surface area contributed by atoms with Crippen LogP contribution in [0.4, 0.5) is 5.69 Å². The highest BCUT2D eigenvalue weighted by atomic mass is 127. The Labute approximate surface area is 163 Å². The van der Waals surface area contributed by atoms with E-state index in [1.165, 1.54) is 0 Å². The van der Waals surface area contributed by atoms with Crippen molar-refractivity contribution in [3.63, 3.8) is 0 Å². The molecule has 0 saturated heterocycles. The third kappa shape index (κ3) is 4.79. The standard InChI is InChI=1S/C18H15ClIN3O2/c1-11-2-5-13(19)10-15(11)21-16(24)8-9-17-22-18(23-25-17)12-3-6-14(20)7-4-12/h2-7,10H,8-9H2,1H3,(H,21,24). The van der Waals surface area contributed by atoms with Crippen LogP contribution in [-0.4, -0.2) is 16.0 Å². The summed E-state index contributed by atoms with van der Waals surface area (Å²) < 4.78 is 6.37. The van der Waals surface area contributed by atoms with Crippen LogP contribution in [-0.2, 0) is 11.2 Å². The molecule has 0 spiro atoms. The smallest absolute Gasteiger partial charge is 0.227 e. The number of carbonyl (C=O) groups excluding carboxylic acids is 1. The number of hydrogen-bond donors (Lipinski definition) is 1. The van der Waals surface area contributed by atoms with Crippen molar-refractivity contribution in [2.75, 3.05) is 5.32 Å². The number of benzene rings is 2. The second-order valence-electron chi connectivity index (χ2n) is 5.53. The number of anilines is 1. The molecule has 25 heavy (non-hydrogen) atoms. The van der Waals surface area contributed by atoms with Crippen molar-refractivity contribution >= 4 is 45.8 Å². The van der Waals surface area contributed by atoms with Gasteiger partial charge in [0.05, 0.1) is 0 Å². The third-order valence-electron chi connectivity index (χ3n) is 3.61. The van der Waals surface area contributed by atoms with Crippen LogP contribution in [0.2, 0.25) is 5.02 Å². The maximum atomic E-state index is 12.1. The molecule has 128 valence electrons. The van der Waals surface area contributed by atoms with Gasteiger partial charge < -0.3 is 9.84 Å². The Morgan fingerprint density at radius 3 is 2.76 bits per heavy atom. The summed E-state index contributed by atoms with van der Waals surface area (Å²) in [5.74, 6) is 0.836. The van der Waals surface area contributed by atoms with E-state index in [9.17, 15) is 4.79 Å². The zero-order valence-corrected chi connectivity index (χ0v) is 16.3. The normalized spacial score (nSPS) is 10.7. The van der Waals surface area contributed by atoms with E-state index in [0.29, 0.717) is 28.8 Å². The van der Waals surface area contributed by atoms with E-state index in [4.69, 9.17) is 16.1 Å².